The fourth-order valence-corrected chi connectivity index (χ4v) is 17.6. The molecule has 15 atom stereocenters. The molecule has 8 heterocycles. The Bertz CT molecular complexity index is 4680. The molecule has 682 valence electrons. The summed E-state index contributed by atoms with van der Waals surface area (Å²) in [6, 6.07) is 67.0. The summed E-state index contributed by atoms with van der Waals surface area (Å²) in [7, 11) is 0. The third-order valence-corrected chi connectivity index (χ3v) is 27.5. The van der Waals surface area contributed by atoms with Gasteiger partial charge in [0.05, 0.1) is 82.8 Å². The van der Waals surface area contributed by atoms with E-state index in [0.29, 0.717) is 109 Å². The molecule has 8 saturated heterocycles. The fourth-order valence-electron chi connectivity index (χ4n) is 17.6. The highest BCUT2D eigenvalue weighted by Crippen LogP contribution is 2.52. The van der Waals surface area contributed by atoms with Crippen LogP contribution in [0.2, 0.25) is 0 Å². The van der Waals surface area contributed by atoms with Gasteiger partial charge in [0.2, 0.25) is 0 Å². The predicted molar refractivity (Wildman–Crippen MR) is 479 cm³/mol. The molecule has 0 aromatic heterocycles. The molecule has 8 aromatic rings. The van der Waals surface area contributed by atoms with Gasteiger partial charge in [-0.1, -0.05) is 164 Å². The van der Waals surface area contributed by atoms with E-state index in [-0.39, 0.29) is 108 Å². The molecule has 0 radical (unpaired) electrons. The molecule has 0 amide bonds. The van der Waals surface area contributed by atoms with Crippen molar-refractivity contribution in [2.45, 2.75) is 202 Å². The first-order valence-corrected chi connectivity index (χ1v) is 46.5. The summed E-state index contributed by atoms with van der Waals surface area (Å²) in [6.45, 7) is 25.4. The molecule has 12 fully saturated rings. The summed E-state index contributed by atoms with van der Waals surface area (Å²) in [5.41, 5.74) is 9.83. The van der Waals surface area contributed by atoms with E-state index in [2.05, 4.69) is 194 Å². The molecule has 4 saturated carbocycles. The zero-order chi connectivity index (χ0) is 88.4. The zero-order valence-electron chi connectivity index (χ0n) is 75.0. The van der Waals surface area contributed by atoms with Crippen molar-refractivity contribution in [2.24, 2.45) is 35.5 Å². The maximum absolute atomic E-state index is 12.1. The molecule has 0 bridgehead atoms. The Labute approximate surface area is 752 Å². The summed E-state index contributed by atoms with van der Waals surface area (Å²) in [5.74, 6) is 7.04. The average Bonchev–Trinajstić information content (AvgIpc) is 0.784. The molecule has 15 unspecified atom stereocenters. The standard InChI is InChI=1S/C39H44O7.C38H40O6.C15H22O3.C14H20O6/c1-38(2,29-9-17-34(18-10-29)43-23-36-25-45-36)27-5-13-32(14-6-27)41-21-31(40)22-42-33-15-7-28(8-16-33)39(3,4)30-11-19-35(20-12-30)44-24-37-26-46-37;1-37(2,27-8-14-31(15-9-27)39-20-34-23-42-34)26-4-6-28(7-5-26)38(3,29-10-16-32(17-11-29)40-21-35-24-43-35)30-12-18-33(19-13-30)41-22-36-25-44-36;16-15(11-3-2-10-6-12(10)7-11)17-8-9-1-4-13-14(5-9)18-13;15-13(19-7-9-5-17-9)11-3-1-2-4-12(11)14(16)20-8-10-6-18-10/h5-20,31,36-37,40H,21-26H2,1-4H3;4-19,34-36H,20-25H2,1-3H3;9-14H,1-8H2;9-12H,1-8H2. The van der Waals surface area contributed by atoms with Crippen LogP contribution in [-0.4, -0.2) is 196 Å². The van der Waals surface area contributed by atoms with Crippen molar-refractivity contribution in [1.82, 2.24) is 0 Å². The number of hydrogen-bond donors (Lipinski definition) is 1. The second-order valence-electron chi connectivity index (χ2n) is 38.3. The van der Waals surface area contributed by atoms with Crippen LogP contribution in [0.4, 0.5) is 0 Å². The number of benzene rings is 8. The number of carbonyl (C=O) groups excluding carboxylic acids is 3. The van der Waals surface area contributed by atoms with Gasteiger partial charge in [0, 0.05) is 21.7 Å². The van der Waals surface area contributed by atoms with Gasteiger partial charge in [0.25, 0.3) is 0 Å². The summed E-state index contributed by atoms with van der Waals surface area (Å²) >= 11 is 0. The number of hydrogen-bond acceptors (Lipinski definition) is 22. The van der Waals surface area contributed by atoms with Crippen LogP contribution >= 0.6 is 0 Å². The van der Waals surface area contributed by atoms with Gasteiger partial charge in [-0.2, -0.15) is 0 Å². The van der Waals surface area contributed by atoms with Gasteiger partial charge in [0.1, 0.15) is 149 Å². The van der Waals surface area contributed by atoms with E-state index in [1.807, 2.05) is 48.5 Å². The highest BCUT2D eigenvalue weighted by atomic mass is 16.6. The van der Waals surface area contributed by atoms with E-state index in [0.717, 1.165) is 106 Å². The van der Waals surface area contributed by atoms with E-state index in [1.54, 1.807) is 0 Å². The van der Waals surface area contributed by atoms with Crippen LogP contribution in [0.25, 0.3) is 0 Å². The number of epoxide rings is 8. The molecule has 20 rings (SSSR count). The molecule has 8 aromatic carbocycles. The Kier molecular flexibility index (Phi) is 28.8. The maximum Gasteiger partial charge on any atom is 0.309 e. The predicted octanol–water partition coefficient (Wildman–Crippen LogP) is 16.6. The van der Waals surface area contributed by atoms with E-state index < -0.39 is 11.5 Å². The Balaban J connectivity index is 0.000000129. The largest absolute Gasteiger partial charge is 0.491 e. The number of ether oxygens (including phenoxy) is 18. The van der Waals surface area contributed by atoms with Crippen molar-refractivity contribution in [3.8, 4) is 40.2 Å². The first kappa shape index (κ1) is 90.4. The molecule has 128 heavy (non-hydrogen) atoms. The Morgan fingerprint density at radius 3 is 0.891 bits per heavy atom. The Morgan fingerprint density at radius 1 is 0.305 bits per heavy atom. The van der Waals surface area contributed by atoms with Gasteiger partial charge >= 0.3 is 17.9 Å². The summed E-state index contributed by atoms with van der Waals surface area (Å²) in [5, 5.41) is 10.5. The third-order valence-electron chi connectivity index (χ3n) is 27.5. The second-order valence-corrected chi connectivity index (χ2v) is 38.3. The minimum Gasteiger partial charge on any atom is -0.491 e. The number of carbonyl (C=O) groups is 3. The SMILES string of the molecule is CC(C)(c1ccc(OCC(O)COc2ccc(C(C)(C)c3ccc(OCC4CO4)cc3)cc2)cc1)c1ccc(OCC2CO2)cc1.CC(C)(c1ccc(OCC2CO2)cc1)c1ccc(C(C)(c2ccc(OCC3CO3)cc2)c2ccc(OCC3CO3)cc2)cc1.O=C(OCC1CCC2OC2C1)C1CCC2CC2C1.O=C(OCC1CO1)C1CCCCC1C(=O)OCC1CO1. The summed E-state index contributed by atoms with van der Waals surface area (Å²) < 4.78 is 98.9. The van der Waals surface area contributed by atoms with Crippen LogP contribution in [0, 0.1) is 35.5 Å². The highest BCUT2D eigenvalue weighted by molar-refractivity contribution is 5.82. The van der Waals surface area contributed by atoms with Crippen LogP contribution in [0.1, 0.15) is 169 Å². The molecule has 4 aliphatic carbocycles. The smallest absolute Gasteiger partial charge is 0.309 e. The van der Waals surface area contributed by atoms with Crippen molar-refractivity contribution < 1.29 is 105 Å². The monoisotopic (exact) mass is 1750 g/mol. The van der Waals surface area contributed by atoms with Crippen molar-refractivity contribution in [3.05, 3.63) is 244 Å². The van der Waals surface area contributed by atoms with Gasteiger partial charge < -0.3 is 90.4 Å². The molecule has 0 spiro atoms. The number of rotatable bonds is 39. The number of aliphatic hydroxyl groups is 1. The minimum absolute atomic E-state index is 0.0555. The maximum atomic E-state index is 12.1. The number of aliphatic hydroxyl groups excluding tert-OH is 1. The van der Waals surface area contributed by atoms with Crippen LogP contribution < -0.4 is 33.2 Å². The molecular formula is C106H126O22. The van der Waals surface area contributed by atoms with Gasteiger partial charge in [-0.15, -0.1) is 0 Å². The molecule has 12 aliphatic rings. The van der Waals surface area contributed by atoms with Gasteiger partial charge in [-0.3, -0.25) is 14.4 Å². The normalized spacial score (nSPS) is 26.3. The topological polar surface area (TPSA) is 264 Å². The first-order valence-electron chi connectivity index (χ1n) is 46.5. The lowest BCUT2D eigenvalue weighted by Crippen LogP contribution is -2.35. The van der Waals surface area contributed by atoms with Crippen LogP contribution in [0.3, 0.4) is 0 Å². The lowest BCUT2D eigenvalue weighted by Gasteiger charge is -2.33. The molecule has 22 nitrogen and oxygen atoms in total. The van der Waals surface area contributed by atoms with E-state index in [1.165, 1.54) is 75.8 Å². The van der Waals surface area contributed by atoms with Gasteiger partial charge in [0.15, 0.2) is 0 Å². The Hall–Kier alpha value is -9.59. The first-order chi connectivity index (χ1) is 62.1. The van der Waals surface area contributed by atoms with Crippen molar-refractivity contribution in [2.75, 3.05) is 112 Å². The molecule has 1 N–H and O–H groups in total. The lowest BCUT2D eigenvalue weighted by atomic mass is 9.70. The van der Waals surface area contributed by atoms with Crippen molar-refractivity contribution in [1.29, 1.82) is 0 Å². The quantitative estimate of drug-likeness (QED) is 0.0162. The van der Waals surface area contributed by atoms with E-state index >= 15 is 0 Å². The van der Waals surface area contributed by atoms with Crippen molar-refractivity contribution >= 4 is 17.9 Å². The summed E-state index contributed by atoms with van der Waals surface area (Å²) in [6.07, 6.45) is 13.1. The summed E-state index contributed by atoms with van der Waals surface area (Å²) in [4.78, 5) is 36.2. The van der Waals surface area contributed by atoms with E-state index in [4.69, 9.17) is 85.3 Å². The molecule has 8 aliphatic heterocycles. The van der Waals surface area contributed by atoms with Crippen molar-refractivity contribution in [3.63, 3.8) is 0 Å². The molecular weight excluding hydrogens is 1630 g/mol. The van der Waals surface area contributed by atoms with E-state index in [9.17, 15) is 19.5 Å². The minimum atomic E-state index is -0.772. The second kappa shape index (κ2) is 40.8. The van der Waals surface area contributed by atoms with Crippen LogP contribution in [0.15, 0.2) is 194 Å². The van der Waals surface area contributed by atoms with Gasteiger partial charge in [-0.05, 0) is 217 Å². The number of fused-ring (bicyclic) bond motifs is 2. The van der Waals surface area contributed by atoms with Crippen LogP contribution in [-0.2, 0) is 88.1 Å². The zero-order valence-corrected chi connectivity index (χ0v) is 75.0. The van der Waals surface area contributed by atoms with Gasteiger partial charge in [-0.25, -0.2) is 0 Å². The third kappa shape index (κ3) is 25.1. The Morgan fingerprint density at radius 2 is 0.586 bits per heavy atom. The number of esters is 3. The fraction of sp³-hybridized carbons (Fsp3) is 0.519. The molecule has 22 heteroatoms. The van der Waals surface area contributed by atoms with Crippen LogP contribution in [0.5, 0.6) is 40.2 Å². The average molecular weight is 1750 g/mol. The lowest BCUT2D eigenvalue weighted by molar-refractivity contribution is -0.163. The highest BCUT2D eigenvalue weighted by Gasteiger charge is 2.47.